The fraction of sp³-hybridized carbons (Fsp3) is 0.278. The number of carboxylic acid groups (broad SMARTS) is 1. The summed E-state index contributed by atoms with van der Waals surface area (Å²) >= 11 is 5.77. The van der Waals surface area contributed by atoms with Crippen molar-refractivity contribution in [2.45, 2.75) is 30.8 Å². The number of sulfonamides is 1. The van der Waals surface area contributed by atoms with E-state index < -0.39 is 22.0 Å². The molecule has 0 aliphatic heterocycles. The molecule has 26 heavy (non-hydrogen) atoms. The van der Waals surface area contributed by atoms with Gasteiger partial charge < -0.3 is 10.4 Å². The molecule has 3 N–H and O–H groups in total. The summed E-state index contributed by atoms with van der Waals surface area (Å²) in [7, 11) is -3.56. The Morgan fingerprint density at radius 1 is 1.08 bits per heavy atom. The van der Waals surface area contributed by atoms with E-state index in [0.717, 1.165) is 11.1 Å². The van der Waals surface area contributed by atoms with Gasteiger partial charge in [-0.3, -0.25) is 4.79 Å². The van der Waals surface area contributed by atoms with Crippen molar-refractivity contribution in [2.24, 2.45) is 0 Å². The third-order valence-electron chi connectivity index (χ3n) is 3.84. The van der Waals surface area contributed by atoms with E-state index in [9.17, 15) is 13.2 Å². The molecule has 0 aromatic heterocycles. The Hall–Kier alpha value is -1.93. The minimum absolute atomic E-state index is 0.177. The smallest absolute Gasteiger partial charge is 0.320 e. The number of halogens is 1. The van der Waals surface area contributed by atoms with Gasteiger partial charge in [-0.25, -0.2) is 13.1 Å². The van der Waals surface area contributed by atoms with Gasteiger partial charge in [0, 0.05) is 18.1 Å². The minimum atomic E-state index is -3.56. The van der Waals surface area contributed by atoms with E-state index in [4.69, 9.17) is 16.7 Å². The molecule has 0 saturated carbocycles. The highest BCUT2D eigenvalue weighted by Crippen LogP contribution is 2.14. The Morgan fingerprint density at radius 2 is 1.65 bits per heavy atom. The predicted molar refractivity (Wildman–Crippen MR) is 101 cm³/mol. The van der Waals surface area contributed by atoms with Crippen molar-refractivity contribution in [1.29, 1.82) is 0 Å². The lowest BCUT2D eigenvalue weighted by Gasteiger charge is -2.10. The second-order valence-corrected chi connectivity index (χ2v) is 8.06. The van der Waals surface area contributed by atoms with Crippen LogP contribution in [0.3, 0.4) is 0 Å². The maximum absolute atomic E-state index is 12.2. The highest BCUT2D eigenvalue weighted by Gasteiger charge is 2.13. The van der Waals surface area contributed by atoms with Gasteiger partial charge in [-0.15, -0.1) is 0 Å². The van der Waals surface area contributed by atoms with Crippen LogP contribution in [0, 0.1) is 0 Å². The van der Waals surface area contributed by atoms with E-state index in [1.165, 1.54) is 24.3 Å². The minimum Gasteiger partial charge on any atom is -0.480 e. The Kier molecular flexibility index (Phi) is 7.16. The first-order valence-electron chi connectivity index (χ1n) is 8.07. The average molecular weight is 397 g/mol. The molecule has 140 valence electrons. The fourth-order valence-corrected chi connectivity index (χ4v) is 3.37. The normalized spacial score (nSPS) is 12.7. The average Bonchev–Trinajstić information content (AvgIpc) is 2.61. The Labute approximate surface area is 158 Å². The zero-order chi connectivity index (χ0) is 19.2. The van der Waals surface area contributed by atoms with Gasteiger partial charge in [-0.05, 0) is 48.7 Å². The summed E-state index contributed by atoms with van der Waals surface area (Å²) in [6.07, 6.45) is 0.548. The first-order chi connectivity index (χ1) is 12.3. The van der Waals surface area contributed by atoms with Crippen LogP contribution in [-0.4, -0.2) is 32.1 Å². The van der Waals surface area contributed by atoms with Gasteiger partial charge in [-0.1, -0.05) is 35.9 Å². The van der Waals surface area contributed by atoms with Crippen LogP contribution in [0.15, 0.2) is 53.4 Å². The SMILES string of the molecule is C[C@H](NCc1ccc(CCNS(=O)(=O)c2ccc(Cl)cc2)cc1)C(=O)O. The number of aliphatic carboxylic acids is 1. The molecule has 0 unspecified atom stereocenters. The maximum atomic E-state index is 12.2. The number of hydrogen-bond donors (Lipinski definition) is 3. The van der Waals surface area contributed by atoms with Crippen LogP contribution < -0.4 is 10.0 Å². The zero-order valence-electron chi connectivity index (χ0n) is 14.3. The molecule has 0 radical (unpaired) electrons. The molecule has 2 aromatic rings. The third-order valence-corrected chi connectivity index (χ3v) is 5.56. The van der Waals surface area contributed by atoms with Crippen molar-refractivity contribution >= 4 is 27.6 Å². The molecule has 0 saturated heterocycles. The topological polar surface area (TPSA) is 95.5 Å². The Balaban J connectivity index is 1.84. The standard InChI is InChI=1S/C18H21ClN2O4S/c1-13(18(22)23)20-12-15-4-2-14(3-5-15)10-11-21-26(24,25)17-8-6-16(19)7-9-17/h2-9,13,20-21H,10-12H2,1H3,(H,22,23)/t13-/m0/s1. The van der Waals surface area contributed by atoms with Crippen LogP contribution >= 0.6 is 11.6 Å². The van der Waals surface area contributed by atoms with E-state index in [1.54, 1.807) is 6.92 Å². The molecule has 0 fully saturated rings. The Morgan fingerprint density at radius 3 is 2.23 bits per heavy atom. The molecule has 0 bridgehead atoms. The number of rotatable bonds is 9. The summed E-state index contributed by atoms with van der Waals surface area (Å²) in [5.74, 6) is -0.894. The van der Waals surface area contributed by atoms with Crippen LogP contribution in [0.2, 0.25) is 5.02 Å². The van der Waals surface area contributed by atoms with Gasteiger partial charge in [0.2, 0.25) is 10.0 Å². The number of benzene rings is 2. The van der Waals surface area contributed by atoms with Crippen LogP contribution in [0.1, 0.15) is 18.1 Å². The Bertz CT molecular complexity index is 836. The van der Waals surface area contributed by atoms with E-state index in [-0.39, 0.29) is 11.4 Å². The van der Waals surface area contributed by atoms with Gasteiger partial charge in [0.25, 0.3) is 0 Å². The number of carboxylic acids is 1. The van der Waals surface area contributed by atoms with E-state index in [2.05, 4.69) is 10.0 Å². The maximum Gasteiger partial charge on any atom is 0.320 e. The molecule has 0 spiro atoms. The number of nitrogens with one attached hydrogen (secondary N) is 2. The largest absolute Gasteiger partial charge is 0.480 e. The van der Waals surface area contributed by atoms with E-state index >= 15 is 0 Å². The van der Waals surface area contributed by atoms with Crippen LogP contribution in [-0.2, 0) is 27.8 Å². The summed E-state index contributed by atoms with van der Waals surface area (Å²) in [4.78, 5) is 10.9. The summed E-state index contributed by atoms with van der Waals surface area (Å²) < 4.78 is 26.9. The lowest BCUT2D eigenvalue weighted by molar-refractivity contribution is -0.139. The molecule has 0 aliphatic carbocycles. The predicted octanol–water partition coefficient (Wildman–Crippen LogP) is 2.42. The third kappa shape index (κ3) is 6.10. The molecule has 0 aliphatic rings. The zero-order valence-corrected chi connectivity index (χ0v) is 15.8. The van der Waals surface area contributed by atoms with Gasteiger partial charge >= 0.3 is 5.97 Å². The molecular weight excluding hydrogens is 376 g/mol. The highest BCUT2D eigenvalue weighted by atomic mass is 35.5. The fourth-order valence-electron chi connectivity index (χ4n) is 2.21. The summed E-state index contributed by atoms with van der Waals surface area (Å²) in [5.41, 5.74) is 1.95. The van der Waals surface area contributed by atoms with Crippen LogP contribution in [0.4, 0.5) is 0 Å². The highest BCUT2D eigenvalue weighted by molar-refractivity contribution is 7.89. The quantitative estimate of drug-likeness (QED) is 0.605. The number of carbonyl (C=O) groups is 1. The van der Waals surface area contributed by atoms with Crippen LogP contribution in [0.25, 0.3) is 0 Å². The summed E-state index contributed by atoms with van der Waals surface area (Å²) in [6, 6.07) is 13.0. The first kappa shape index (κ1) is 20.4. The van der Waals surface area contributed by atoms with Gasteiger partial charge in [0.15, 0.2) is 0 Å². The molecule has 0 amide bonds. The second kappa shape index (κ2) is 9.14. The molecule has 8 heteroatoms. The molecule has 6 nitrogen and oxygen atoms in total. The molecule has 2 rings (SSSR count). The van der Waals surface area contributed by atoms with E-state index in [1.807, 2.05) is 24.3 Å². The molecule has 2 aromatic carbocycles. The molecule has 0 heterocycles. The van der Waals surface area contributed by atoms with Gasteiger partial charge in [0.05, 0.1) is 4.90 Å². The number of hydrogen-bond acceptors (Lipinski definition) is 4. The lowest BCUT2D eigenvalue weighted by Crippen LogP contribution is -2.33. The van der Waals surface area contributed by atoms with Gasteiger partial charge in [-0.2, -0.15) is 0 Å². The summed E-state index contributed by atoms with van der Waals surface area (Å²) in [6.45, 7) is 2.32. The van der Waals surface area contributed by atoms with Crippen molar-refractivity contribution in [2.75, 3.05) is 6.54 Å². The van der Waals surface area contributed by atoms with Gasteiger partial charge in [0.1, 0.15) is 6.04 Å². The summed E-state index contributed by atoms with van der Waals surface area (Å²) in [5, 5.41) is 12.2. The van der Waals surface area contributed by atoms with Crippen molar-refractivity contribution in [3.05, 3.63) is 64.7 Å². The first-order valence-corrected chi connectivity index (χ1v) is 9.93. The monoisotopic (exact) mass is 396 g/mol. The van der Waals surface area contributed by atoms with Crippen molar-refractivity contribution in [3.8, 4) is 0 Å². The molecular formula is C18H21ClN2O4S. The second-order valence-electron chi connectivity index (χ2n) is 5.86. The van der Waals surface area contributed by atoms with E-state index in [0.29, 0.717) is 18.0 Å². The van der Waals surface area contributed by atoms with Crippen molar-refractivity contribution < 1.29 is 18.3 Å². The lowest BCUT2D eigenvalue weighted by atomic mass is 10.1. The van der Waals surface area contributed by atoms with Crippen molar-refractivity contribution in [3.63, 3.8) is 0 Å². The molecule has 1 atom stereocenters. The van der Waals surface area contributed by atoms with Crippen molar-refractivity contribution in [1.82, 2.24) is 10.0 Å². The van der Waals surface area contributed by atoms with Crippen LogP contribution in [0.5, 0.6) is 0 Å².